The average Bonchev–Trinajstić information content (AvgIpc) is 2.32. The van der Waals surface area contributed by atoms with E-state index in [1.807, 2.05) is 13.8 Å². The fourth-order valence-electron chi connectivity index (χ4n) is 2.87. The fraction of sp³-hybridized carbons (Fsp3) is 0.933. The molecule has 112 valence electrons. The van der Waals surface area contributed by atoms with E-state index in [0.29, 0.717) is 18.9 Å². The third kappa shape index (κ3) is 6.92. The summed E-state index contributed by atoms with van der Waals surface area (Å²) in [6.07, 6.45) is 5.92. The van der Waals surface area contributed by atoms with Gasteiger partial charge in [-0.15, -0.1) is 0 Å². The number of ether oxygens (including phenoxy) is 1. The first kappa shape index (κ1) is 16.4. The van der Waals surface area contributed by atoms with E-state index < -0.39 is 0 Å². The molecule has 0 heterocycles. The molecular weight excluding hydrogens is 240 g/mol. The number of primary amides is 1. The first-order chi connectivity index (χ1) is 8.99. The van der Waals surface area contributed by atoms with Crippen LogP contribution in [0.3, 0.4) is 0 Å². The van der Waals surface area contributed by atoms with E-state index in [4.69, 9.17) is 10.5 Å². The highest BCUT2D eigenvalue weighted by Crippen LogP contribution is 2.28. The topological polar surface area (TPSA) is 64.3 Å². The first-order valence-corrected chi connectivity index (χ1v) is 7.62. The standard InChI is InChI=1S/C15H30N2O2/c1-11(2)17-14(15(16)18)7-8-19-10-13-6-4-5-12(3)9-13/h11-14,17H,4-10H2,1-3H3,(H2,16,18). The lowest BCUT2D eigenvalue weighted by Gasteiger charge is -2.26. The van der Waals surface area contributed by atoms with Gasteiger partial charge in [-0.2, -0.15) is 0 Å². The molecule has 19 heavy (non-hydrogen) atoms. The Bertz CT molecular complexity index is 269. The monoisotopic (exact) mass is 270 g/mol. The molecule has 0 aromatic heterocycles. The van der Waals surface area contributed by atoms with Crippen LogP contribution in [-0.2, 0) is 9.53 Å². The molecule has 1 fully saturated rings. The molecular formula is C15H30N2O2. The number of amides is 1. The van der Waals surface area contributed by atoms with Crippen molar-refractivity contribution in [3.05, 3.63) is 0 Å². The molecule has 3 N–H and O–H groups in total. The van der Waals surface area contributed by atoms with Gasteiger partial charge < -0.3 is 15.8 Å². The summed E-state index contributed by atoms with van der Waals surface area (Å²) in [7, 11) is 0. The summed E-state index contributed by atoms with van der Waals surface area (Å²) >= 11 is 0. The third-order valence-electron chi connectivity index (χ3n) is 3.83. The lowest BCUT2D eigenvalue weighted by molar-refractivity contribution is -0.120. The number of hydrogen-bond donors (Lipinski definition) is 2. The third-order valence-corrected chi connectivity index (χ3v) is 3.83. The summed E-state index contributed by atoms with van der Waals surface area (Å²) in [5, 5.41) is 3.17. The Hall–Kier alpha value is -0.610. The number of hydrogen-bond acceptors (Lipinski definition) is 3. The Morgan fingerprint density at radius 1 is 1.42 bits per heavy atom. The van der Waals surface area contributed by atoms with E-state index >= 15 is 0 Å². The molecule has 1 amide bonds. The highest BCUT2D eigenvalue weighted by Gasteiger charge is 2.20. The SMILES string of the molecule is CC1CCCC(COCCC(NC(C)C)C(N)=O)C1. The van der Waals surface area contributed by atoms with Gasteiger partial charge in [0, 0.05) is 19.3 Å². The molecule has 0 spiro atoms. The molecule has 1 aliphatic rings. The second-order valence-corrected chi connectivity index (χ2v) is 6.28. The van der Waals surface area contributed by atoms with Crippen LogP contribution < -0.4 is 11.1 Å². The lowest BCUT2D eigenvalue weighted by Crippen LogP contribution is -2.45. The average molecular weight is 270 g/mol. The molecule has 3 unspecified atom stereocenters. The van der Waals surface area contributed by atoms with Crippen LogP contribution in [-0.4, -0.2) is 31.2 Å². The molecule has 0 bridgehead atoms. The predicted molar refractivity (Wildman–Crippen MR) is 77.8 cm³/mol. The molecule has 0 aliphatic heterocycles. The van der Waals surface area contributed by atoms with Crippen LogP contribution in [0.1, 0.15) is 52.9 Å². The molecule has 1 rings (SSSR count). The van der Waals surface area contributed by atoms with Crippen LogP contribution in [0.2, 0.25) is 0 Å². The van der Waals surface area contributed by atoms with Gasteiger partial charge in [0.1, 0.15) is 0 Å². The van der Waals surface area contributed by atoms with Crippen LogP contribution in [0.15, 0.2) is 0 Å². The maximum Gasteiger partial charge on any atom is 0.234 e. The van der Waals surface area contributed by atoms with Crippen molar-refractivity contribution in [1.29, 1.82) is 0 Å². The lowest BCUT2D eigenvalue weighted by atomic mass is 9.83. The maximum absolute atomic E-state index is 11.3. The van der Waals surface area contributed by atoms with Gasteiger partial charge >= 0.3 is 0 Å². The van der Waals surface area contributed by atoms with Gasteiger partial charge in [-0.05, 0) is 31.1 Å². The number of carbonyl (C=O) groups is 1. The molecule has 0 saturated heterocycles. The van der Waals surface area contributed by atoms with Gasteiger partial charge in [0.05, 0.1) is 6.04 Å². The van der Waals surface area contributed by atoms with E-state index in [-0.39, 0.29) is 18.0 Å². The second kappa shape index (κ2) is 8.54. The number of nitrogens with two attached hydrogens (primary N) is 1. The zero-order valence-electron chi connectivity index (χ0n) is 12.7. The molecule has 0 aromatic carbocycles. The fourth-order valence-corrected chi connectivity index (χ4v) is 2.87. The summed E-state index contributed by atoms with van der Waals surface area (Å²) in [5.74, 6) is 1.25. The minimum Gasteiger partial charge on any atom is -0.381 e. The van der Waals surface area contributed by atoms with Crippen molar-refractivity contribution in [2.45, 2.75) is 65.0 Å². The van der Waals surface area contributed by atoms with Crippen molar-refractivity contribution < 1.29 is 9.53 Å². The molecule has 1 saturated carbocycles. The Balaban J connectivity index is 2.15. The molecule has 1 aliphatic carbocycles. The molecule has 0 aromatic rings. The van der Waals surface area contributed by atoms with Crippen molar-refractivity contribution in [3.8, 4) is 0 Å². The molecule has 4 nitrogen and oxygen atoms in total. The quantitative estimate of drug-likeness (QED) is 0.664. The van der Waals surface area contributed by atoms with Gasteiger partial charge in [-0.25, -0.2) is 0 Å². The Labute approximate surface area is 117 Å². The highest BCUT2D eigenvalue weighted by atomic mass is 16.5. The van der Waals surface area contributed by atoms with E-state index in [1.165, 1.54) is 25.7 Å². The van der Waals surface area contributed by atoms with Crippen molar-refractivity contribution in [3.63, 3.8) is 0 Å². The summed E-state index contributed by atoms with van der Waals surface area (Å²) in [4.78, 5) is 11.3. The van der Waals surface area contributed by atoms with Crippen LogP contribution in [0.5, 0.6) is 0 Å². The largest absolute Gasteiger partial charge is 0.381 e. The molecule has 0 radical (unpaired) electrons. The second-order valence-electron chi connectivity index (χ2n) is 6.28. The van der Waals surface area contributed by atoms with Gasteiger partial charge in [-0.3, -0.25) is 4.79 Å². The van der Waals surface area contributed by atoms with Crippen molar-refractivity contribution in [1.82, 2.24) is 5.32 Å². The van der Waals surface area contributed by atoms with E-state index in [9.17, 15) is 4.79 Å². The number of rotatable bonds is 8. The first-order valence-electron chi connectivity index (χ1n) is 7.62. The minimum absolute atomic E-state index is 0.261. The van der Waals surface area contributed by atoms with Crippen LogP contribution in [0, 0.1) is 11.8 Å². The number of nitrogens with one attached hydrogen (secondary N) is 1. The van der Waals surface area contributed by atoms with Gasteiger partial charge in [0.15, 0.2) is 0 Å². The van der Waals surface area contributed by atoms with Gasteiger partial charge in [0.2, 0.25) is 5.91 Å². The van der Waals surface area contributed by atoms with Crippen molar-refractivity contribution >= 4 is 5.91 Å². The summed E-state index contributed by atoms with van der Waals surface area (Å²) in [6.45, 7) is 7.79. The van der Waals surface area contributed by atoms with Crippen LogP contribution in [0.25, 0.3) is 0 Å². The number of carbonyl (C=O) groups excluding carboxylic acids is 1. The minimum atomic E-state index is -0.288. The summed E-state index contributed by atoms with van der Waals surface area (Å²) < 4.78 is 5.74. The Morgan fingerprint density at radius 3 is 2.74 bits per heavy atom. The Morgan fingerprint density at radius 2 is 2.16 bits per heavy atom. The predicted octanol–water partition coefficient (Wildman–Crippen LogP) is 2.07. The normalized spacial score (nSPS) is 25.5. The summed E-state index contributed by atoms with van der Waals surface area (Å²) in [5.41, 5.74) is 5.37. The summed E-state index contributed by atoms with van der Waals surface area (Å²) in [6, 6.07) is -0.0121. The Kier molecular flexibility index (Phi) is 7.39. The van der Waals surface area contributed by atoms with E-state index in [2.05, 4.69) is 12.2 Å². The molecule has 4 heteroatoms. The van der Waals surface area contributed by atoms with Gasteiger partial charge in [0.25, 0.3) is 0 Å². The zero-order chi connectivity index (χ0) is 14.3. The van der Waals surface area contributed by atoms with Gasteiger partial charge in [-0.1, -0.05) is 33.6 Å². The zero-order valence-corrected chi connectivity index (χ0v) is 12.7. The van der Waals surface area contributed by atoms with Crippen molar-refractivity contribution in [2.75, 3.05) is 13.2 Å². The van der Waals surface area contributed by atoms with Crippen molar-refractivity contribution in [2.24, 2.45) is 17.6 Å². The van der Waals surface area contributed by atoms with Crippen LogP contribution >= 0.6 is 0 Å². The maximum atomic E-state index is 11.3. The smallest absolute Gasteiger partial charge is 0.234 e. The molecule has 3 atom stereocenters. The van der Waals surface area contributed by atoms with E-state index in [1.54, 1.807) is 0 Å². The van der Waals surface area contributed by atoms with E-state index in [0.717, 1.165) is 12.5 Å². The highest BCUT2D eigenvalue weighted by molar-refractivity contribution is 5.79. The van der Waals surface area contributed by atoms with Crippen LogP contribution in [0.4, 0.5) is 0 Å².